The highest BCUT2D eigenvalue weighted by molar-refractivity contribution is 8.77. The van der Waals surface area contributed by atoms with Gasteiger partial charge in [-0.3, -0.25) is 58.8 Å². The zero-order chi connectivity index (χ0) is 103. The van der Waals surface area contributed by atoms with Crippen molar-refractivity contribution in [3.63, 3.8) is 0 Å². The number of carboxylic acid groups (broad SMARTS) is 1. The van der Waals surface area contributed by atoms with Gasteiger partial charge in [-0.25, -0.2) is 29.6 Å². The van der Waals surface area contributed by atoms with E-state index in [1.54, 1.807) is 142 Å². The third-order valence-corrected chi connectivity index (χ3v) is 31.1. The van der Waals surface area contributed by atoms with Crippen LogP contribution in [0.4, 0.5) is 9.59 Å². The monoisotopic (exact) mass is 1980 g/mol. The maximum Gasteiger partial charge on any atom is 0.509 e. The molecule has 2 saturated carbocycles. The molecular weight excluding hydrogens is 1830 g/mol. The van der Waals surface area contributed by atoms with Crippen molar-refractivity contribution >= 4 is 116 Å². The standard InChI is InChI=1S/C100H145N13O24S2/c1-55(2)47-66(86(124)125)52-73(119)80(94(8,9)10)110-83(121)65(49-61-37-39-67(116)40-38-61)51-72(118)69-35-27-43-112(69)85(123)64(33-25-41-105-90(101)102)50-71(117)68(34-26-42-106-91(103)104)108-84(122)70-36-28-44-113(70)111-89(107-59(6)114)97(16,17)139-138-46-45-131-93(129)134-78(77(62-29-21-19-22-30-62)109-92(128)137-95(11,12)13)88(127)133-74-53-100(130)82(135-87(126)63-31-23-20-24-32-63)79-98(18,81(120)58(5)76(57(74)4)96(100,14)15)56(3)48-75-99(79,54-132-75)136-60(7)115/h19-24,29-32,37-40,55-56,58,64-66,68-70,74-75,77-80,82,89,111,116,130H,25-28,33-36,41-54H2,1-18H3,(H,107,114)(H,108,122)(H,109,128)(H,110,121)(H,124,125)(H4,101,102,105)(H4,103,104,106)/t56-,58+,64+,65+,66+,68-,69-,70-,74?,75+,77-,78?,79-,80+,82-,89+,98+,99-,100+/m0/s1. The fourth-order valence-electron chi connectivity index (χ4n) is 20.7. The number of fused-ring (bicyclic) bond motifs is 5. The first-order chi connectivity index (χ1) is 65.0. The smallest absolute Gasteiger partial charge is 0.508 e. The minimum Gasteiger partial charge on any atom is -0.508 e. The van der Waals surface area contributed by atoms with E-state index in [9.17, 15) is 58.5 Å². The van der Waals surface area contributed by atoms with E-state index in [1.165, 1.54) is 64.6 Å². The van der Waals surface area contributed by atoms with Crippen LogP contribution in [0.5, 0.6) is 5.75 Å². The van der Waals surface area contributed by atoms with Gasteiger partial charge < -0.3 is 96.7 Å². The molecule has 37 nitrogen and oxygen atoms in total. The van der Waals surface area contributed by atoms with Crippen LogP contribution in [0.2, 0.25) is 0 Å². The molecule has 0 radical (unpaired) electrons. The number of carboxylic acids is 1. The first-order valence-corrected chi connectivity index (χ1v) is 50.3. The maximum atomic E-state index is 16.0. The number of amides is 5. The first kappa shape index (κ1) is 112. The van der Waals surface area contributed by atoms with Crippen LogP contribution in [0, 0.1) is 68.5 Å². The SMILES string of the molecule is CC(=O)N[C@H](NN1CCC[C@H]1C(=O)N[C@@H](CCCNC(=N)N)C(=O)C[C@@H](CCCNC(=N)N)C(=O)N1CCC[C@H]1C(=O)C[C@@H](Cc1ccc(O)cc1)C(=O)N[C@H](C(=O)C[C@@H](CC(C)C)C(=O)O)C(C)(C)C)C(C)(C)SSCCOC(=O)OC(C(=O)OC1C[C@@]2(O)[C@@H](OC(=O)c3ccccc3)[C@@H]3[C@]4(OC(C)=O)CO[C@@H]4C[C@H](C)[C@@]3(C)C(=O)[C@H](C)C(=C1C)C2(C)C)[C@@H](NC(=O)OC(C)(C)C)c1ccccc1. The van der Waals surface area contributed by atoms with E-state index < -0.39 is 230 Å². The second-order valence-electron chi connectivity index (χ2n) is 41.6. The highest BCUT2D eigenvalue weighted by Crippen LogP contribution is 2.66. The Kier molecular flexibility index (Phi) is 38.4. The molecule has 0 spiro atoms. The number of guanidine groups is 2. The van der Waals surface area contributed by atoms with Crippen molar-refractivity contribution in [2.45, 2.75) is 303 Å². The lowest BCUT2D eigenvalue weighted by molar-refractivity contribution is -0.339. The highest BCUT2D eigenvalue weighted by Gasteiger charge is 2.77. The van der Waals surface area contributed by atoms with Crippen molar-refractivity contribution in [2.75, 3.05) is 45.1 Å². The average molecular weight is 1980 g/mol. The molecule has 16 N–H and O–H groups in total. The molecule has 9 rings (SSSR count). The van der Waals surface area contributed by atoms with Crippen molar-refractivity contribution in [3.8, 4) is 5.75 Å². The molecule has 6 aliphatic rings. The molecule has 0 aromatic heterocycles. The van der Waals surface area contributed by atoms with Crippen LogP contribution >= 0.6 is 21.6 Å². The first-order valence-electron chi connectivity index (χ1n) is 47.9. The van der Waals surface area contributed by atoms with Crippen LogP contribution in [0.3, 0.4) is 0 Å². The van der Waals surface area contributed by atoms with Gasteiger partial charge in [0, 0.05) is 100 Å². The largest absolute Gasteiger partial charge is 0.509 e. The van der Waals surface area contributed by atoms with Crippen molar-refractivity contribution in [3.05, 3.63) is 113 Å². The number of ketones is 4. The number of carbonyl (C=O) groups excluding carboxylic acids is 13. The number of nitrogens with one attached hydrogen (secondary N) is 9. The van der Waals surface area contributed by atoms with Gasteiger partial charge >= 0.3 is 36.1 Å². The van der Waals surface area contributed by atoms with E-state index in [4.69, 9.17) is 55.4 Å². The summed E-state index contributed by atoms with van der Waals surface area (Å²) in [5.41, 5.74) is 7.43. The molecule has 3 aromatic rings. The van der Waals surface area contributed by atoms with Crippen molar-refractivity contribution in [2.24, 2.45) is 69.1 Å². The number of aliphatic hydroxyl groups is 1. The van der Waals surface area contributed by atoms with E-state index in [2.05, 4.69) is 37.3 Å². The summed E-state index contributed by atoms with van der Waals surface area (Å²) in [7, 11) is 2.48. The van der Waals surface area contributed by atoms with Crippen molar-refractivity contribution < 1.29 is 116 Å². The fourth-order valence-corrected chi connectivity index (χ4v) is 23.1. The number of phenols is 1. The molecule has 5 amide bonds. The lowest BCUT2D eigenvalue weighted by atomic mass is 9.42. The molecule has 3 heterocycles. The summed E-state index contributed by atoms with van der Waals surface area (Å²) < 4.78 is 42.3. The summed E-state index contributed by atoms with van der Waals surface area (Å²) >= 11 is 0. The number of hydrogen-bond donors (Lipinski definition) is 14. The molecule has 3 aliphatic carbocycles. The number of aliphatic carboxylic acids is 1. The minimum absolute atomic E-state index is 0.00322. The van der Waals surface area contributed by atoms with Crippen LogP contribution in [0.1, 0.15) is 242 Å². The summed E-state index contributed by atoms with van der Waals surface area (Å²) in [6, 6.07) is 16.1. The number of rotatable bonds is 45. The fraction of sp³-hybridized carbons (Fsp3) is 0.640. The number of esters is 3. The van der Waals surface area contributed by atoms with Gasteiger partial charge in [0.15, 0.2) is 34.9 Å². The Morgan fingerprint density at radius 1 is 0.734 bits per heavy atom. The van der Waals surface area contributed by atoms with E-state index in [0.717, 1.165) is 0 Å². The van der Waals surface area contributed by atoms with Gasteiger partial charge in [0.2, 0.25) is 29.7 Å². The van der Waals surface area contributed by atoms with Crippen LogP contribution in [-0.4, -0.2) is 241 Å². The second-order valence-corrected chi connectivity index (χ2v) is 44.6. The third kappa shape index (κ3) is 28.2. The Morgan fingerprint density at radius 3 is 1.93 bits per heavy atom. The molecule has 2 bridgehead atoms. The Hall–Kier alpha value is -10.7. The van der Waals surface area contributed by atoms with E-state index in [1.807, 2.05) is 34.6 Å². The Labute approximate surface area is 821 Å². The quantitative estimate of drug-likeness (QED) is 0.00365. The molecule has 2 unspecified atom stereocenters. The predicted molar refractivity (Wildman–Crippen MR) is 519 cm³/mol. The highest BCUT2D eigenvalue weighted by atomic mass is 33.1. The molecule has 19 atom stereocenters. The molecule has 3 saturated heterocycles. The average Bonchev–Trinajstić information content (AvgIpc) is 1.52. The summed E-state index contributed by atoms with van der Waals surface area (Å²) in [6.45, 7) is 30.4. The summed E-state index contributed by atoms with van der Waals surface area (Å²) in [4.78, 5) is 205. The van der Waals surface area contributed by atoms with E-state index >= 15 is 24.0 Å². The van der Waals surface area contributed by atoms with Crippen LogP contribution < -0.4 is 48.8 Å². The molecular formula is C100H145N13O24S2. The van der Waals surface area contributed by atoms with Gasteiger partial charge in [-0.1, -0.05) is 151 Å². The Morgan fingerprint density at radius 2 is 1.35 bits per heavy atom. The lowest BCUT2D eigenvalue weighted by Crippen LogP contribution is -2.80. The molecule has 766 valence electrons. The van der Waals surface area contributed by atoms with Gasteiger partial charge in [0.1, 0.15) is 65.9 Å². The second kappa shape index (κ2) is 47.7. The van der Waals surface area contributed by atoms with E-state index in [-0.39, 0.29) is 150 Å². The van der Waals surface area contributed by atoms with E-state index in [0.29, 0.717) is 29.6 Å². The Balaban J connectivity index is 0.914. The number of hydrogen-bond acceptors (Lipinski definition) is 29. The number of nitrogens with two attached hydrogens (primary N) is 2. The van der Waals surface area contributed by atoms with Crippen LogP contribution in [-0.2, 0) is 92.3 Å². The molecule has 3 aromatic carbocycles. The number of benzene rings is 3. The molecule has 5 fully saturated rings. The number of carbonyl (C=O) groups is 14. The number of ether oxygens (including phenoxy) is 7. The number of aromatic hydroxyl groups is 1. The van der Waals surface area contributed by atoms with Gasteiger partial charge in [0.25, 0.3) is 0 Å². The summed E-state index contributed by atoms with van der Waals surface area (Å²) in [5.74, 6) is -14.9. The number of nitrogens with zero attached hydrogens (tertiary/aromatic N) is 2. The van der Waals surface area contributed by atoms with Gasteiger partial charge in [0.05, 0.1) is 46.9 Å². The zero-order valence-electron chi connectivity index (χ0n) is 83.2. The molecule has 3 aliphatic heterocycles. The van der Waals surface area contributed by atoms with Gasteiger partial charge in [-0.2, -0.15) is 0 Å². The number of likely N-dealkylation sites (tertiary alicyclic amines) is 1. The number of Topliss-reactive ketones (excluding diaryl/α,β-unsaturated/α-hetero) is 4. The normalized spacial score (nSPS) is 24.6. The van der Waals surface area contributed by atoms with Gasteiger partial charge in [-0.05, 0) is 176 Å². The number of alkyl carbamates (subject to hydrolysis) is 1. The lowest BCUT2D eigenvalue weighted by Gasteiger charge is -2.68. The van der Waals surface area contributed by atoms with Crippen molar-refractivity contribution in [1.82, 2.24) is 47.2 Å². The Bertz CT molecular complexity index is 4970. The van der Waals surface area contributed by atoms with Crippen LogP contribution in [0.25, 0.3) is 0 Å². The summed E-state index contributed by atoms with van der Waals surface area (Å²) in [6.07, 6.45) is -8.93. The van der Waals surface area contributed by atoms with Gasteiger partial charge in [-0.15, -0.1) is 0 Å². The summed E-state index contributed by atoms with van der Waals surface area (Å²) in [5, 5.41) is 68.9. The zero-order valence-corrected chi connectivity index (χ0v) is 84.9. The minimum atomic E-state index is -2.30. The van der Waals surface area contributed by atoms with Crippen LogP contribution in [0.15, 0.2) is 96.1 Å². The number of hydrazine groups is 1. The van der Waals surface area contributed by atoms with Crippen molar-refractivity contribution in [1.29, 1.82) is 10.8 Å². The molecule has 139 heavy (non-hydrogen) atoms. The number of phenolic OH excluding ortho intramolecular Hbond substituents is 1. The molecule has 39 heteroatoms. The maximum absolute atomic E-state index is 16.0. The predicted octanol–water partition coefficient (Wildman–Crippen LogP) is 9.90. The topological polar surface area (TPSA) is 555 Å². The third-order valence-electron chi connectivity index (χ3n) is 27.8.